The quantitative estimate of drug-likeness (QED) is 0.886. The second kappa shape index (κ2) is 5.49. The molecule has 0 fully saturated rings. The maximum Gasteiger partial charge on any atom is 0.252 e. The van der Waals surface area contributed by atoms with Crippen LogP contribution in [0.5, 0.6) is 11.5 Å². The van der Waals surface area contributed by atoms with Crippen molar-refractivity contribution in [1.82, 2.24) is 0 Å². The molecule has 0 bridgehead atoms. The zero-order chi connectivity index (χ0) is 13.8. The molecule has 0 radical (unpaired) electrons. The number of carbonyl (C=O) groups is 1. The molecule has 2 rings (SSSR count). The van der Waals surface area contributed by atoms with Crippen LogP contribution < -0.4 is 10.5 Å². The number of hydrogen-bond acceptors (Lipinski definition) is 3. The Morgan fingerprint density at radius 1 is 1.21 bits per heavy atom. The number of para-hydroxylation sites is 1. The van der Waals surface area contributed by atoms with Crippen LogP contribution in [0.1, 0.15) is 15.9 Å². The van der Waals surface area contributed by atoms with Crippen LogP contribution in [0.3, 0.4) is 0 Å². The van der Waals surface area contributed by atoms with Crippen molar-refractivity contribution in [3.63, 3.8) is 0 Å². The zero-order valence-corrected chi connectivity index (χ0v) is 9.97. The Bertz CT molecular complexity index is 613. The van der Waals surface area contributed by atoms with Gasteiger partial charge in [-0.3, -0.25) is 4.79 Å². The maximum absolute atomic E-state index is 13.0. The molecule has 19 heavy (non-hydrogen) atoms. The van der Waals surface area contributed by atoms with Gasteiger partial charge in [0.05, 0.1) is 12.2 Å². The SMILES string of the molecule is NC(=O)c1ccccc1Oc1ccc(F)cc1CO. The van der Waals surface area contributed by atoms with Crippen LogP contribution in [-0.2, 0) is 6.61 Å². The van der Waals surface area contributed by atoms with Gasteiger partial charge in [-0.05, 0) is 30.3 Å². The van der Waals surface area contributed by atoms with E-state index in [0.717, 1.165) is 0 Å². The third kappa shape index (κ3) is 2.89. The molecule has 0 aliphatic carbocycles. The van der Waals surface area contributed by atoms with E-state index in [1.54, 1.807) is 18.2 Å². The average molecular weight is 261 g/mol. The van der Waals surface area contributed by atoms with E-state index in [0.29, 0.717) is 5.56 Å². The number of primary amides is 1. The Morgan fingerprint density at radius 2 is 1.95 bits per heavy atom. The first-order valence-corrected chi connectivity index (χ1v) is 5.58. The number of rotatable bonds is 4. The minimum Gasteiger partial charge on any atom is -0.456 e. The van der Waals surface area contributed by atoms with Crippen LogP contribution in [0.25, 0.3) is 0 Å². The van der Waals surface area contributed by atoms with E-state index >= 15 is 0 Å². The molecule has 0 atom stereocenters. The van der Waals surface area contributed by atoms with Gasteiger partial charge >= 0.3 is 0 Å². The van der Waals surface area contributed by atoms with Crippen molar-refractivity contribution in [3.8, 4) is 11.5 Å². The van der Waals surface area contributed by atoms with Crippen LogP contribution in [0.2, 0.25) is 0 Å². The van der Waals surface area contributed by atoms with Gasteiger partial charge in [-0.2, -0.15) is 0 Å². The lowest BCUT2D eigenvalue weighted by atomic mass is 10.1. The molecule has 0 saturated carbocycles. The summed E-state index contributed by atoms with van der Waals surface area (Å²) < 4.78 is 18.6. The molecular formula is C14H12FNO3. The van der Waals surface area contributed by atoms with Gasteiger partial charge in [0.25, 0.3) is 5.91 Å². The highest BCUT2D eigenvalue weighted by molar-refractivity contribution is 5.95. The number of ether oxygens (including phenoxy) is 1. The summed E-state index contributed by atoms with van der Waals surface area (Å²) in [6, 6.07) is 10.2. The van der Waals surface area contributed by atoms with Crippen molar-refractivity contribution in [2.45, 2.75) is 6.61 Å². The Kier molecular flexibility index (Phi) is 3.77. The van der Waals surface area contributed by atoms with E-state index in [4.69, 9.17) is 15.6 Å². The monoisotopic (exact) mass is 261 g/mol. The Labute approximate surface area is 109 Å². The molecule has 0 aliphatic rings. The van der Waals surface area contributed by atoms with Gasteiger partial charge in [-0.1, -0.05) is 12.1 Å². The van der Waals surface area contributed by atoms with Gasteiger partial charge in [0.1, 0.15) is 17.3 Å². The lowest BCUT2D eigenvalue weighted by Crippen LogP contribution is -2.12. The highest BCUT2D eigenvalue weighted by atomic mass is 19.1. The van der Waals surface area contributed by atoms with Crippen molar-refractivity contribution in [1.29, 1.82) is 0 Å². The molecule has 0 aliphatic heterocycles. The minimum absolute atomic E-state index is 0.218. The average Bonchev–Trinajstić information content (AvgIpc) is 2.41. The fourth-order valence-electron chi connectivity index (χ4n) is 1.65. The minimum atomic E-state index is -0.622. The topological polar surface area (TPSA) is 72.6 Å². The van der Waals surface area contributed by atoms with E-state index in [1.807, 2.05) is 0 Å². The van der Waals surface area contributed by atoms with Crippen molar-refractivity contribution in [2.24, 2.45) is 5.73 Å². The lowest BCUT2D eigenvalue weighted by Gasteiger charge is -2.12. The highest BCUT2D eigenvalue weighted by Crippen LogP contribution is 2.28. The maximum atomic E-state index is 13.0. The summed E-state index contributed by atoms with van der Waals surface area (Å²) >= 11 is 0. The van der Waals surface area contributed by atoms with Gasteiger partial charge in [-0.15, -0.1) is 0 Å². The number of benzene rings is 2. The molecule has 1 amide bonds. The van der Waals surface area contributed by atoms with Crippen molar-refractivity contribution >= 4 is 5.91 Å². The first-order chi connectivity index (χ1) is 9.11. The number of aliphatic hydroxyl groups excluding tert-OH is 1. The molecule has 0 spiro atoms. The van der Waals surface area contributed by atoms with Crippen LogP contribution in [0.15, 0.2) is 42.5 Å². The van der Waals surface area contributed by atoms with Gasteiger partial charge in [-0.25, -0.2) is 4.39 Å². The normalized spacial score (nSPS) is 10.2. The number of aliphatic hydroxyl groups is 1. The van der Waals surface area contributed by atoms with Crippen molar-refractivity contribution in [3.05, 3.63) is 59.4 Å². The fraction of sp³-hybridized carbons (Fsp3) is 0.0714. The standard InChI is InChI=1S/C14H12FNO3/c15-10-5-6-12(9(7-10)8-17)19-13-4-2-1-3-11(13)14(16)18/h1-7,17H,8H2,(H2,16,18). The Morgan fingerprint density at radius 3 is 2.63 bits per heavy atom. The number of hydrogen-bond donors (Lipinski definition) is 2. The molecule has 0 aromatic heterocycles. The first kappa shape index (κ1) is 13.0. The second-order valence-electron chi connectivity index (χ2n) is 3.87. The van der Waals surface area contributed by atoms with Crippen LogP contribution >= 0.6 is 0 Å². The van der Waals surface area contributed by atoms with Crippen LogP contribution in [0.4, 0.5) is 4.39 Å². The molecule has 2 aromatic rings. The summed E-state index contributed by atoms with van der Waals surface area (Å²) in [5.74, 6) is -0.559. The molecule has 0 heterocycles. The predicted molar refractivity (Wildman–Crippen MR) is 67.4 cm³/mol. The smallest absolute Gasteiger partial charge is 0.252 e. The number of amides is 1. The van der Waals surface area contributed by atoms with E-state index < -0.39 is 11.7 Å². The molecule has 5 heteroatoms. The second-order valence-corrected chi connectivity index (χ2v) is 3.87. The third-order valence-corrected chi connectivity index (χ3v) is 2.57. The number of nitrogens with two attached hydrogens (primary N) is 1. The molecule has 2 aromatic carbocycles. The summed E-state index contributed by atoms with van der Waals surface area (Å²) in [5, 5.41) is 9.16. The van der Waals surface area contributed by atoms with Gasteiger partial charge < -0.3 is 15.6 Å². The zero-order valence-electron chi connectivity index (χ0n) is 9.97. The van der Waals surface area contributed by atoms with Crippen LogP contribution in [-0.4, -0.2) is 11.0 Å². The lowest BCUT2D eigenvalue weighted by molar-refractivity contribution is 0.0998. The van der Waals surface area contributed by atoms with Crippen molar-refractivity contribution < 1.29 is 19.0 Å². The molecule has 0 unspecified atom stereocenters. The molecule has 0 saturated heterocycles. The van der Waals surface area contributed by atoms with E-state index in [-0.39, 0.29) is 23.7 Å². The summed E-state index contributed by atoms with van der Waals surface area (Å²) in [4.78, 5) is 11.3. The molecular weight excluding hydrogens is 249 g/mol. The van der Waals surface area contributed by atoms with Crippen molar-refractivity contribution in [2.75, 3.05) is 0 Å². The fourth-order valence-corrected chi connectivity index (χ4v) is 1.65. The van der Waals surface area contributed by atoms with Gasteiger partial charge in [0.2, 0.25) is 0 Å². The molecule has 4 nitrogen and oxygen atoms in total. The van der Waals surface area contributed by atoms with Gasteiger partial charge in [0, 0.05) is 5.56 Å². The Balaban J connectivity index is 2.39. The largest absolute Gasteiger partial charge is 0.456 e. The predicted octanol–water partition coefficient (Wildman–Crippen LogP) is 2.21. The number of carbonyl (C=O) groups excluding carboxylic acids is 1. The van der Waals surface area contributed by atoms with E-state index in [2.05, 4.69) is 0 Å². The third-order valence-electron chi connectivity index (χ3n) is 2.57. The van der Waals surface area contributed by atoms with Crippen LogP contribution in [0, 0.1) is 5.82 Å². The van der Waals surface area contributed by atoms with E-state index in [1.165, 1.54) is 24.3 Å². The number of halogens is 1. The van der Waals surface area contributed by atoms with E-state index in [9.17, 15) is 9.18 Å². The Hall–Kier alpha value is -2.40. The highest BCUT2D eigenvalue weighted by Gasteiger charge is 2.11. The first-order valence-electron chi connectivity index (χ1n) is 5.58. The summed E-state index contributed by atoms with van der Waals surface area (Å²) in [6.45, 7) is -0.369. The molecule has 3 N–H and O–H groups in total. The summed E-state index contributed by atoms with van der Waals surface area (Å²) in [7, 11) is 0. The molecule has 98 valence electrons. The summed E-state index contributed by atoms with van der Waals surface area (Å²) in [5.41, 5.74) is 5.74. The van der Waals surface area contributed by atoms with Gasteiger partial charge in [0.15, 0.2) is 0 Å². The summed E-state index contributed by atoms with van der Waals surface area (Å²) in [6.07, 6.45) is 0.